The minimum atomic E-state index is -0.736. The summed E-state index contributed by atoms with van der Waals surface area (Å²) in [7, 11) is 0. The Balaban J connectivity index is 2.14. The molecule has 2 aromatic rings. The highest BCUT2D eigenvalue weighted by Gasteiger charge is 2.10. The van der Waals surface area contributed by atoms with Crippen LogP contribution < -0.4 is 4.74 Å². The first-order valence-electron chi connectivity index (χ1n) is 5.47. The highest BCUT2D eigenvalue weighted by molar-refractivity contribution is 6.30. The maximum Gasteiger partial charge on any atom is 0.272 e. The molecule has 0 unspecified atom stereocenters. The predicted molar refractivity (Wildman–Crippen MR) is 68.8 cm³/mol. The molecular weight excluding hydrogens is 292 g/mol. The Morgan fingerprint density at radius 3 is 2.60 bits per heavy atom. The normalized spacial score (nSPS) is 10.3. The van der Waals surface area contributed by atoms with Crippen LogP contribution in [0.25, 0.3) is 0 Å². The Labute approximate surface area is 117 Å². The number of hydrogen-bond donors (Lipinski definition) is 0. The van der Waals surface area contributed by atoms with Crippen molar-refractivity contribution in [3.05, 3.63) is 68.7 Å². The van der Waals surface area contributed by atoms with E-state index in [1.54, 1.807) is 0 Å². The van der Waals surface area contributed by atoms with Crippen LogP contribution in [0.15, 0.2) is 36.4 Å². The molecule has 0 radical (unpaired) electrons. The standard InChI is InChI=1S/C13H8ClF2NO3/c14-12-2-1-11(6-13(12)16)20-7-8-3-9(15)5-10(4-8)17(18)19/h1-6H,7H2. The lowest BCUT2D eigenvalue weighted by atomic mass is 10.2. The maximum absolute atomic E-state index is 13.2. The van der Waals surface area contributed by atoms with Crippen molar-refractivity contribution >= 4 is 17.3 Å². The second kappa shape index (κ2) is 5.83. The number of rotatable bonds is 4. The largest absolute Gasteiger partial charge is 0.489 e. The molecule has 104 valence electrons. The van der Waals surface area contributed by atoms with E-state index < -0.39 is 16.6 Å². The van der Waals surface area contributed by atoms with E-state index in [4.69, 9.17) is 16.3 Å². The van der Waals surface area contributed by atoms with Gasteiger partial charge < -0.3 is 4.74 Å². The summed E-state index contributed by atoms with van der Waals surface area (Å²) in [6, 6.07) is 6.95. The molecule has 0 atom stereocenters. The van der Waals surface area contributed by atoms with Gasteiger partial charge in [-0.3, -0.25) is 10.1 Å². The summed E-state index contributed by atoms with van der Waals surface area (Å²) in [4.78, 5) is 9.90. The fraction of sp³-hybridized carbons (Fsp3) is 0.0769. The monoisotopic (exact) mass is 299 g/mol. The number of nitrogens with zero attached hydrogens (tertiary/aromatic N) is 1. The van der Waals surface area contributed by atoms with Crippen molar-refractivity contribution in [2.45, 2.75) is 6.61 Å². The molecule has 0 saturated carbocycles. The first-order valence-corrected chi connectivity index (χ1v) is 5.85. The van der Waals surface area contributed by atoms with Gasteiger partial charge in [0.1, 0.15) is 24.0 Å². The van der Waals surface area contributed by atoms with Crippen LogP contribution in [0.3, 0.4) is 0 Å². The van der Waals surface area contributed by atoms with Crippen molar-refractivity contribution in [2.24, 2.45) is 0 Å². The van der Waals surface area contributed by atoms with Gasteiger partial charge in [0.25, 0.3) is 5.69 Å². The van der Waals surface area contributed by atoms with Crippen molar-refractivity contribution in [1.82, 2.24) is 0 Å². The van der Waals surface area contributed by atoms with Crippen LogP contribution >= 0.6 is 11.6 Å². The van der Waals surface area contributed by atoms with Crippen molar-refractivity contribution < 1.29 is 18.4 Å². The first-order chi connectivity index (χ1) is 9.45. The zero-order valence-electron chi connectivity index (χ0n) is 9.98. The van der Waals surface area contributed by atoms with Gasteiger partial charge >= 0.3 is 0 Å². The topological polar surface area (TPSA) is 52.4 Å². The van der Waals surface area contributed by atoms with Gasteiger partial charge in [-0.1, -0.05) is 11.6 Å². The predicted octanol–water partition coefficient (Wildman–Crippen LogP) is 4.11. The average Bonchev–Trinajstić information content (AvgIpc) is 2.39. The zero-order chi connectivity index (χ0) is 14.7. The molecule has 2 rings (SSSR count). The van der Waals surface area contributed by atoms with E-state index in [-0.39, 0.29) is 28.6 Å². The number of halogens is 3. The van der Waals surface area contributed by atoms with Gasteiger partial charge in [-0.05, 0) is 23.8 Å². The van der Waals surface area contributed by atoms with Crippen LogP contribution in [-0.4, -0.2) is 4.92 Å². The Morgan fingerprint density at radius 1 is 1.20 bits per heavy atom. The molecule has 2 aromatic carbocycles. The second-order valence-electron chi connectivity index (χ2n) is 3.94. The molecule has 0 aliphatic heterocycles. The smallest absolute Gasteiger partial charge is 0.272 e. The third-order valence-electron chi connectivity index (χ3n) is 2.45. The number of benzene rings is 2. The Morgan fingerprint density at radius 2 is 1.95 bits per heavy atom. The molecule has 7 heteroatoms. The molecule has 0 aromatic heterocycles. The molecule has 0 N–H and O–H groups in total. The van der Waals surface area contributed by atoms with Crippen LogP contribution in [0.5, 0.6) is 5.75 Å². The summed E-state index contributed by atoms with van der Waals surface area (Å²) in [5.41, 5.74) is -0.0991. The fourth-order valence-corrected chi connectivity index (χ4v) is 1.67. The Bertz CT molecular complexity index is 664. The number of nitro groups is 1. The quantitative estimate of drug-likeness (QED) is 0.630. The summed E-state index contributed by atoms with van der Waals surface area (Å²) in [6.45, 7) is -0.125. The molecular formula is C13H8ClF2NO3. The Hall–Kier alpha value is -2.21. The zero-order valence-corrected chi connectivity index (χ0v) is 10.7. The highest BCUT2D eigenvalue weighted by atomic mass is 35.5. The van der Waals surface area contributed by atoms with Gasteiger partial charge in [0.05, 0.1) is 16.0 Å². The molecule has 0 bridgehead atoms. The summed E-state index contributed by atoms with van der Waals surface area (Å²) >= 11 is 5.52. The summed E-state index contributed by atoms with van der Waals surface area (Å²) in [5.74, 6) is -1.19. The van der Waals surface area contributed by atoms with Crippen LogP contribution in [-0.2, 0) is 6.61 Å². The molecule has 0 saturated heterocycles. The minimum Gasteiger partial charge on any atom is -0.489 e. The second-order valence-corrected chi connectivity index (χ2v) is 4.35. The summed E-state index contributed by atoms with van der Waals surface area (Å²) in [6.07, 6.45) is 0. The maximum atomic E-state index is 13.2. The first kappa shape index (κ1) is 14.2. The number of hydrogen-bond acceptors (Lipinski definition) is 3. The fourth-order valence-electron chi connectivity index (χ4n) is 1.56. The average molecular weight is 300 g/mol. The van der Waals surface area contributed by atoms with E-state index in [2.05, 4.69) is 0 Å². The molecule has 20 heavy (non-hydrogen) atoms. The molecule has 0 heterocycles. The number of ether oxygens (including phenoxy) is 1. The van der Waals surface area contributed by atoms with E-state index in [0.717, 1.165) is 18.2 Å². The van der Waals surface area contributed by atoms with E-state index in [9.17, 15) is 18.9 Å². The van der Waals surface area contributed by atoms with Crippen LogP contribution in [0.4, 0.5) is 14.5 Å². The van der Waals surface area contributed by atoms with Gasteiger partial charge in [-0.15, -0.1) is 0 Å². The Kier molecular flexibility index (Phi) is 4.14. The molecule has 0 spiro atoms. The number of nitro benzene ring substituents is 1. The van der Waals surface area contributed by atoms with E-state index in [1.165, 1.54) is 18.2 Å². The third-order valence-corrected chi connectivity index (χ3v) is 2.76. The lowest BCUT2D eigenvalue weighted by molar-refractivity contribution is -0.385. The van der Waals surface area contributed by atoms with Crippen LogP contribution in [0.1, 0.15) is 5.56 Å². The molecule has 4 nitrogen and oxygen atoms in total. The van der Waals surface area contributed by atoms with Crippen molar-refractivity contribution in [3.8, 4) is 5.75 Å². The molecule has 0 aliphatic carbocycles. The van der Waals surface area contributed by atoms with Gasteiger partial charge in [-0.2, -0.15) is 0 Å². The minimum absolute atomic E-state index is 0.0428. The van der Waals surface area contributed by atoms with Crippen LogP contribution in [0, 0.1) is 21.7 Å². The van der Waals surface area contributed by atoms with Gasteiger partial charge in [0.15, 0.2) is 0 Å². The van der Waals surface area contributed by atoms with Crippen molar-refractivity contribution in [3.63, 3.8) is 0 Å². The van der Waals surface area contributed by atoms with Gasteiger partial charge in [0.2, 0.25) is 0 Å². The molecule has 0 aliphatic rings. The summed E-state index contributed by atoms with van der Waals surface area (Å²) in [5, 5.41) is 10.6. The van der Waals surface area contributed by atoms with E-state index in [0.29, 0.717) is 0 Å². The molecule has 0 amide bonds. The van der Waals surface area contributed by atoms with E-state index >= 15 is 0 Å². The van der Waals surface area contributed by atoms with E-state index in [1.807, 2.05) is 0 Å². The summed E-state index contributed by atoms with van der Waals surface area (Å²) < 4.78 is 31.6. The number of non-ortho nitro benzene ring substituents is 1. The van der Waals surface area contributed by atoms with Crippen molar-refractivity contribution in [1.29, 1.82) is 0 Å². The SMILES string of the molecule is O=[N+]([O-])c1cc(F)cc(COc2ccc(Cl)c(F)c2)c1. The van der Waals surface area contributed by atoms with Crippen LogP contribution in [0.2, 0.25) is 5.02 Å². The lowest BCUT2D eigenvalue weighted by Crippen LogP contribution is -1.98. The lowest BCUT2D eigenvalue weighted by Gasteiger charge is -2.07. The highest BCUT2D eigenvalue weighted by Crippen LogP contribution is 2.22. The van der Waals surface area contributed by atoms with Crippen molar-refractivity contribution in [2.75, 3.05) is 0 Å². The molecule has 0 fully saturated rings. The van der Waals surface area contributed by atoms with Gasteiger partial charge in [0, 0.05) is 12.1 Å². The van der Waals surface area contributed by atoms with Gasteiger partial charge in [-0.25, -0.2) is 8.78 Å². The third kappa shape index (κ3) is 3.42.